The SMILES string of the molecule is COc1cc(CC2CCC(=O)NC2=O)cc([N+](=O)[O-])c1. The van der Waals surface area contributed by atoms with Crippen LogP contribution in [0.5, 0.6) is 5.75 Å². The number of piperidine rings is 1. The quantitative estimate of drug-likeness (QED) is 0.507. The number of hydrogen-bond acceptors (Lipinski definition) is 5. The average molecular weight is 278 g/mol. The van der Waals surface area contributed by atoms with Crippen molar-refractivity contribution in [1.29, 1.82) is 0 Å². The third kappa shape index (κ3) is 3.11. The van der Waals surface area contributed by atoms with Crippen LogP contribution in [-0.4, -0.2) is 23.8 Å². The predicted octanol–water partition coefficient (Wildman–Crippen LogP) is 1.20. The Morgan fingerprint density at radius 3 is 2.75 bits per heavy atom. The maximum absolute atomic E-state index is 11.7. The minimum atomic E-state index is -0.503. The first-order valence-electron chi connectivity index (χ1n) is 6.15. The molecule has 20 heavy (non-hydrogen) atoms. The molecule has 1 aromatic rings. The van der Waals surface area contributed by atoms with Crippen molar-refractivity contribution in [2.24, 2.45) is 5.92 Å². The van der Waals surface area contributed by atoms with E-state index in [4.69, 9.17) is 4.74 Å². The van der Waals surface area contributed by atoms with Crippen LogP contribution < -0.4 is 10.1 Å². The van der Waals surface area contributed by atoms with Gasteiger partial charge in [0.1, 0.15) is 5.75 Å². The number of nitrogens with one attached hydrogen (secondary N) is 1. The van der Waals surface area contributed by atoms with Crippen molar-refractivity contribution in [3.8, 4) is 5.75 Å². The summed E-state index contributed by atoms with van der Waals surface area (Å²) in [6, 6.07) is 4.41. The van der Waals surface area contributed by atoms with Gasteiger partial charge in [0, 0.05) is 18.4 Å². The highest BCUT2D eigenvalue weighted by Gasteiger charge is 2.27. The van der Waals surface area contributed by atoms with Gasteiger partial charge in [0.05, 0.1) is 18.1 Å². The van der Waals surface area contributed by atoms with Gasteiger partial charge in [-0.25, -0.2) is 0 Å². The lowest BCUT2D eigenvalue weighted by Crippen LogP contribution is -2.41. The topological polar surface area (TPSA) is 98.5 Å². The molecule has 1 saturated heterocycles. The van der Waals surface area contributed by atoms with Crippen molar-refractivity contribution in [3.63, 3.8) is 0 Å². The fourth-order valence-corrected chi connectivity index (χ4v) is 2.20. The Labute approximate surface area is 115 Å². The average Bonchev–Trinajstić information content (AvgIpc) is 2.41. The van der Waals surface area contributed by atoms with E-state index in [0.717, 1.165) is 0 Å². The Balaban J connectivity index is 2.20. The molecule has 1 atom stereocenters. The fourth-order valence-electron chi connectivity index (χ4n) is 2.20. The first-order valence-corrected chi connectivity index (χ1v) is 6.15. The molecule has 0 radical (unpaired) electrons. The van der Waals surface area contributed by atoms with Crippen molar-refractivity contribution >= 4 is 17.5 Å². The van der Waals surface area contributed by atoms with Gasteiger partial charge in [0.15, 0.2) is 0 Å². The van der Waals surface area contributed by atoms with Crippen molar-refractivity contribution in [1.82, 2.24) is 5.32 Å². The molecule has 7 nitrogen and oxygen atoms in total. The first kappa shape index (κ1) is 14.0. The Kier molecular flexibility index (Phi) is 3.97. The molecule has 1 fully saturated rings. The highest BCUT2D eigenvalue weighted by atomic mass is 16.6. The number of non-ortho nitro benzene ring substituents is 1. The van der Waals surface area contributed by atoms with Gasteiger partial charge >= 0.3 is 0 Å². The van der Waals surface area contributed by atoms with E-state index in [0.29, 0.717) is 30.6 Å². The number of rotatable bonds is 4. The van der Waals surface area contributed by atoms with Crippen LogP contribution in [-0.2, 0) is 16.0 Å². The van der Waals surface area contributed by atoms with Crippen molar-refractivity contribution in [2.45, 2.75) is 19.3 Å². The van der Waals surface area contributed by atoms with E-state index < -0.39 is 4.92 Å². The Morgan fingerprint density at radius 2 is 2.15 bits per heavy atom. The zero-order valence-corrected chi connectivity index (χ0v) is 10.9. The van der Waals surface area contributed by atoms with E-state index in [1.807, 2.05) is 0 Å². The summed E-state index contributed by atoms with van der Waals surface area (Å²) in [5.41, 5.74) is 0.567. The summed E-state index contributed by atoms with van der Waals surface area (Å²) in [5, 5.41) is 13.1. The summed E-state index contributed by atoms with van der Waals surface area (Å²) in [7, 11) is 1.43. The molecule has 2 rings (SSSR count). The molecule has 0 aromatic heterocycles. The lowest BCUT2D eigenvalue weighted by Gasteiger charge is -2.20. The predicted molar refractivity (Wildman–Crippen MR) is 69.2 cm³/mol. The number of methoxy groups -OCH3 is 1. The molecule has 1 aliphatic heterocycles. The van der Waals surface area contributed by atoms with Crippen LogP contribution in [0.25, 0.3) is 0 Å². The lowest BCUT2D eigenvalue weighted by molar-refractivity contribution is -0.385. The molecule has 0 aliphatic carbocycles. The van der Waals surface area contributed by atoms with E-state index in [-0.39, 0.29) is 23.4 Å². The zero-order valence-electron chi connectivity index (χ0n) is 10.9. The zero-order chi connectivity index (χ0) is 14.7. The Morgan fingerprint density at radius 1 is 1.40 bits per heavy atom. The summed E-state index contributed by atoms with van der Waals surface area (Å²) >= 11 is 0. The highest BCUT2D eigenvalue weighted by molar-refractivity contribution is 5.98. The molecular formula is C13H14N2O5. The van der Waals surface area contributed by atoms with Crippen molar-refractivity contribution in [3.05, 3.63) is 33.9 Å². The van der Waals surface area contributed by atoms with E-state index in [1.54, 1.807) is 6.07 Å². The van der Waals surface area contributed by atoms with Crippen LogP contribution in [0.4, 0.5) is 5.69 Å². The molecule has 0 saturated carbocycles. The Hall–Kier alpha value is -2.44. The molecule has 0 bridgehead atoms. The van der Waals surface area contributed by atoms with Gasteiger partial charge in [-0.2, -0.15) is 0 Å². The number of benzene rings is 1. The normalized spacial score (nSPS) is 18.6. The monoisotopic (exact) mass is 278 g/mol. The molecule has 106 valence electrons. The van der Waals surface area contributed by atoms with E-state index in [9.17, 15) is 19.7 Å². The number of amides is 2. The van der Waals surface area contributed by atoms with Crippen LogP contribution in [0.2, 0.25) is 0 Å². The van der Waals surface area contributed by atoms with Gasteiger partial charge in [-0.15, -0.1) is 0 Å². The molecular weight excluding hydrogens is 264 g/mol. The summed E-state index contributed by atoms with van der Waals surface area (Å²) in [5.74, 6) is -0.574. The lowest BCUT2D eigenvalue weighted by atomic mass is 9.91. The molecule has 1 aromatic carbocycles. The van der Waals surface area contributed by atoms with Crippen molar-refractivity contribution in [2.75, 3.05) is 7.11 Å². The number of nitrogens with zero attached hydrogens (tertiary/aromatic N) is 1. The van der Waals surface area contributed by atoms with Gasteiger partial charge in [-0.1, -0.05) is 0 Å². The van der Waals surface area contributed by atoms with Crippen LogP contribution >= 0.6 is 0 Å². The number of nitro groups is 1. The summed E-state index contributed by atoms with van der Waals surface area (Å²) in [6.45, 7) is 0. The van der Waals surface area contributed by atoms with Gasteiger partial charge < -0.3 is 4.74 Å². The number of nitro benzene ring substituents is 1. The largest absolute Gasteiger partial charge is 0.496 e. The molecule has 1 aliphatic rings. The maximum atomic E-state index is 11.7. The van der Waals surface area contributed by atoms with Gasteiger partial charge in [-0.05, 0) is 24.5 Å². The van der Waals surface area contributed by atoms with Gasteiger partial charge in [0.2, 0.25) is 11.8 Å². The summed E-state index contributed by atoms with van der Waals surface area (Å²) in [4.78, 5) is 33.1. The number of carbonyl (C=O) groups excluding carboxylic acids is 2. The fraction of sp³-hybridized carbons (Fsp3) is 0.385. The third-order valence-electron chi connectivity index (χ3n) is 3.23. The minimum Gasteiger partial charge on any atom is -0.496 e. The number of imide groups is 1. The first-order chi connectivity index (χ1) is 9.49. The van der Waals surface area contributed by atoms with Crippen LogP contribution in [0.15, 0.2) is 18.2 Å². The standard InChI is InChI=1S/C13H14N2O5/c1-20-11-6-8(5-10(7-11)15(18)19)4-9-2-3-12(16)14-13(9)17/h5-7,9H,2-4H2,1H3,(H,14,16,17). The van der Waals surface area contributed by atoms with Crippen molar-refractivity contribution < 1.29 is 19.2 Å². The van der Waals surface area contributed by atoms with Crippen LogP contribution in [0.1, 0.15) is 18.4 Å². The van der Waals surface area contributed by atoms with E-state index in [1.165, 1.54) is 19.2 Å². The number of hydrogen-bond donors (Lipinski definition) is 1. The summed E-state index contributed by atoms with van der Waals surface area (Å²) < 4.78 is 5.02. The Bertz CT molecular complexity index is 570. The second-order valence-electron chi connectivity index (χ2n) is 4.65. The minimum absolute atomic E-state index is 0.0772. The van der Waals surface area contributed by atoms with Crippen LogP contribution in [0, 0.1) is 16.0 Å². The number of carbonyl (C=O) groups is 2. The summed E-state index contributed by atoms with van der Waals surface area (Å²) in [6.07, 6.45) is 1.09. The van der Waals surface area contributed by atoms with Gasteiger partial charge in [-0.3, -0.25) is 25.0 Å². The molecule has 0 spiro atoms. The molecule has 7 heteroatoms. The smallest absolute Gasteiger partial charge is 0.273 e. The molecule has 1 heterocycles. The second kappa shape index (κ2) is 5.68. The molecule has 1 unspecified atom stereocenters. The van der Waals surface area contributed by atoms with Crippen LogP contribution in [0.3, 0.4) is 0 Å². The maximum Gasteiger partial charge on any atom is 0.273 e. The third-order valence-corrected chi connectivity index (χ3v) is 3.23. The number of ether oxygens (including phenoxy) is 1. The molecule has 1 N–H and O–H groups in total. The van der Waals surface area contributed by atoms with E-state index in [2.05, 4.69) is 5.32 Å². The highest BCUT2D eigenvalue weighted by Crippen LogP contribution is 2.26. The van der Waals surface area contributed by atoms with E-state index >= 15 is 0 Å². The second-order valence-corrected chi connectivity index (χ2v) is 4.65. The van der Waals surface area contributed by atoms with Gasteiger partial charge in [0.25, 0.3) is 5.69 Å². The molecule has 2 amide bonds.